The molecule has 0 spiro atoms. The van der Waals surface area contributed by atoms with Crippen molar-refractivity contribution in [3.05, 3.63) is 0 Å². The van der Waals surface area contributed by atoms with E-state index in [1.54, 1.807) is 0 Å². The minimum absolute atomic E-state index is 0.448. The molecule has 1 nitrogen and oxygen atoms in total. The molecule has 1 aliphatic rings. The van der Waals surface area contributed by atoms with Crippen LogP contribution in [0, 0.1) is 0 Å². The SMILES string of the molecule is CCCCCCC(=O)C[S+]1CCSCC1. The Bertz CT molecular complexity index is 176. The van der Waals surface area contributed by atoms with Gasteiger partial charge in [0.25, 0.3) is 0 Å². The van der Waals surface area contributed by atoms with Gasteiger partial charge in [-0.25, -0.2) is 0 Å². The molecule has 0 amide bonds. The average Bonchev–Trinajstić information content (AvgIpc) is 2.26. The zero-order valence-electron chi connectivity index (χ0n) is 9.80. The molecule has 0 aromatic rings. The fourth-order valence-electron chi connectivity index (χ4n) is 1.75. The molecule has 0 aromatic heterocycles. The van der Waals surface area contributed by atoms with Gasteiger partial charge in [0.15, 0.2) is 11.5 Å². The molecule has 1 fully saturated rings. The van der Waals surface area contributed by atoms with Gasteiger partial charge < -0.3 is 0 Å². The van der Waals surface area contributed by atoms with Gasteiger partial charge >= 0.3 is 0 Å². The van der Waals surface area contributed by atoms with Crippen LogP contribution in [0.25, 0.3) is 0 Å². The Morgan fingerprint density at radius 3 is 2.60 bits per heavy atom. The second-order valence-electron chi connectivity index (χ2n) is 4.13. The third kappa shape index (κ3) is 6.52. The molecule has 1 rings (SSSR count). The topological polar surface area (TPSA) is 17.1 Å². The molecule has 0 unspecified atom stereocenters. The van der Waals surface area contributed by atoms with Gasteiger partial charge in [0.1, 0.15) is 11.5 Å². The molecule has 3 heteroatoms. The number of hydrogen-bond acceptors (Lipinski definition) is 2. The minimum atomic E-state index is 0.448. The maximum atomic E-state index is 11.7. The lowest BCUT2D eigenvalue weighted by Gasteiger charge is -2.12. The first-order chi connectivity index (χ1) is 7.33. The van der Waals surface area contributed by atoms with E-state index in [1.807, 2.05) is 11.8 Å². The van der Waals surface area contributed by atoms with Crippen LogP contribution in [0.3, 0.4) is 0 Å². The first-order valence-electron chi connectivity index (χ1n) is 6.06. The lowest BCUT2D eigenvalue weighted by molar-refractivity contribution is -0.116. The Kier molecular flexibility index (Phi) is 7.63. The van der Waals surface area contributed by atoms with Crippen molar-refractivity contribution in [3.8, 4) is 0 Å². The Morgan fingerprint density at radius 2 is 1.93 bits per heavy atom. The minimum Gasteiger partial charge on any atom is -0.294 e. The molecule has 1 heterocycles. The van der Waals surface area contributed by atoms with Gasteiger partial charge in [-0.1, -0.05) is 26.2 Å². The second-order valence-corrected chi connectivity index (χ2v) is 7.68. The summed E-state index contributed by atoms with van der Waals surface area (Å²) >= 11 is 2.05. The number of carbonyl (C=O) groups is 1. The second kappa shape index (κ2) is 8.51. The van der Waals surface area contributed by atoms with Crippen LogP contribution < -0.4 is 0 Å². The Hall–Kier alpha value is 0.370. The van der Waals surface area contributed by atoms with E-state index < -0.39 is 0 Å². The summed E-state index contributed by atoms with van der Waals surface area (Å²) in [5.41, 5.74) is 0. The highest BCUT2D eigenvalue weighted by Gasteiger charge is 2.24. The number of thioether (sulfide) groups is 1. The highest BCUT2D eigenvalue weighted by atomic mass is 32.2. The quantitative estimate of drug-likeness (QED) is 0.508. The van der Waals surface area contributed by atoms with Gasteiger partial charge in [-0.3, -0.25) is 4.79 Å². The largest absolute Gasteiger partial charge is 0.294 e. The first kappa shape index (κ1) is 13.4. The monoisotopic (exact) mass is 247 g/mol. The zero-order valence-corrected chi connectivity index (χ0v) is 11.4. The molecule has 0 aliphatic carbocycles. The average molecular weight is 247 g/mol. The maximum Gasteiger partial charge on any atom is 0.181 e. The number of unbranched alkanes of at least 4 members (excludes halogenated alkanes) is 3. The predicted molar refractivity (Wildman–Crippen MR) is 73.1 cm³/mol. The van der Waals surface area contributed by atoms with Crippen LogP contribution in [0.1, 0.15) is 39.0 Å². The Morgan fingerprint density at radius 1 is 1.20 bits per heavy atom. The van der Waals surface area contributed by atoms with Crippen molar-refractivity contribution in [1.29, 1.82) is 0 Å². The molecular weight excluding hydrogens is 224 g/mol. The molecular formula is C12H23OS2+. The van der Waals surface area contributed by atoms with Gasteiger partial charge in [-0.05, 0) is 17.3 Å². The molecule has 1 saturated heterocycles. The van der Waals surface area contributed by atoms with Crippen molar-refractivity contribution in [2.24, 2.45) is 0 Å². The van der Waals surface area contributed by atoms with E-state index in [4.69, 9.17) is 0 Å². The highest BCUT2D eigenvalue weighted by Crippen LogP contribution is 2.14. The number of Topliss-reactive ketones (excluding diaryl/α,β-unsaturated/α-hetero) is 1. The summed E-state index contributed by atoms with van der Waals surface area (Å²) < 4.78 is 0. The van der Waals surface area contributed by atoms with E-state index >= 15 is 0 Å². The van der Waals surface area contributed by atoms with Crippen LogP contribution in [-0.4, -0.2) is 34.5 Å². The predicted octanol–water partition coefficient (Wildman–Crippen LogP) is 2.89. The normalized spacial score (nSPS) is 17.9. The number of rotatable bonds is 7. The van der Waals surface area contributed by atoms with E-state index in [1.165, 1.54) is 42.3 Å². The summed E-state index contributed by atoms with van der Waals surface area (Å²) in [4.78, 5) is 11.7. The van der Waals surface area contributed by atoms with E-state index in [9.17, 15) is 4.79 Å². The molecule has 0 N–H and O–H groups in total. The number of carbonyl (C=O) groups excluding carboxylic acids is 1. The maximum absolute atomic E-state index is 11.7. The van der Waals surface area contributed by atoms with Crippen LogP contribution in [0.4, 0.5) is 0 Å². The summed E-state index contributed by atoms with van der Waals surface area (Å²) in [7, 11) is 0.448. The van der Waals surface area contributed by atoms with Crippen molar-refractivity contribution in [2.75, 3.05) is 28.8 Å². The van der Waals surface area contributed by atoms with Crippen LogP contribution in [0.2, 0.25) is 0 Å². The summed E-state index contributed by atoms with van der Waals surface area (Å²) in [6, 6.07) is 0. The summed E-state index contributed by atoms with van der Waals surface area (Å²) in [6.07, 6.45) is 5.76. The molecule has 0 radical (unpaired) electrons. The Balaban J connectivity index is 2.01. The molecule has 0 atom stereocenters. The van der Waals surface area contributed by atoms with E-state index in [-0.39, 0.29) is 0 Å². The van der Waals surface area contributed by atoms with Crippen molar-refractivity contribution in [2.45, 2.75) is 39.0 Å². The first-order valence-corrected chi connectivity index (χ1v) is 8.95. The molecule has 0 bridgehead atoms. The van der Waals surface area contributed by atoms with Gasteiger partial charge in [-0.15, -0.1) is 0 Å². The van der Waals surface area contributed by atoms with Gasteiger partial charge in [-0.2, -0.15) is 11.8 Å². The van der Waals surface area contributed by atoms with Gasteiger partial charge in [0.05, 0.1) is 0 Å². The van der Waals surface area contributed by atoms with Crippen molar-refractivity contribution < 1.29 is 4.79 Å². The summed E-state index contributed by atoms with van der Waals surface area (Å²) in [5.74, 6) is 6.59. The van der Waals surface area contributed by atoms with Crippen molar-refractivity contribution >= 4 is 28.4 Å². The lowest BCUT2D eigenvalue weighted by atomic mass is 10.1. The van der Waals surface area contributed by atoms with Crippen molar-refractivity contribution in [3.63, 3.8) is 0 Å². The van der Waals surface area contributed by atoms with Gasteiger partial charge in [0.2, 0.25) is 0 Å². The van der Waals surface area contributed by atoms with Gasteiger partial charge in [0, 0.05) is 17.9 Å². The fraction of sp³-hybridized carbons (Fsp3) is 0.917. The lowest BCUT2D eigenvalue weighted by Crippen LogP contribution is -2.27. The molecule has 15 heavy (non-hydrogen) atoms. The smallest absolute Gasteiger partial charge is 0.181 e. The van der Waals surface area contributed by atoms with Crippen molar-refractivity contribution in [1.82, 2.24) is 0 Å². The van der Waals surface area contributed by atoms with Crippen LogP contribution >= 0.6 is 11.8 Å². The van der Waals surface area contributed by atoms with E-state index in [2.05, 4.69) is 6.92 Å². The number of hydrogen-bond donors (Lipinski definition) is 0. The fourth-order valence-corrected chi connectivity index (χ4v) is 5.88. The number of ketones is 1. The Labute approximate surface area is 101 Å². The standard InChI is InChI=1S/C12H23OS2/c1-2-3-4-5-6-12(13)11-15-9-7-14-8-10-15/h2-11H2,1H3/q+1. The molecule has 1 aliphatic heterocycles. The van der Waals surface area contributed by atoms with Crippen LogP contribution in [-0.2, 0) is 15.7 Å². The van der Waals surface area contributed by atoms with Crippen LogP contribution in [0.5, 0.6) is 0 Å². The summed E-state index contributed by atoms with van der Waals surface area (Å²) in [5, 5.41) is 0. The molecule has 88 valence electrons. The summed E-state index contributed by atoms with van der Waals surface area (Å²) in [6.45, 7) is 2.21. The zero-order chi connectivity index (χ0) is 10.9. The molecule has 0 saturated carbocycles. The third-order valence-electron chi connectivity index (χ3n) is 2.71. The third-order valence-corrected chi connectivity index (χ3v) is 6.50. The van der Waals surface area contributed by atoms with Crippen LogP contribution in [0.15, 0.2) is 0 Å². The van der Waals surface area contributed by atoms with E-state index in [0.29, 0.717) is 16.7 Å². The van der Waals surface area contributed by atoms with E-state index in [0.717, 1.165) is 18.6 Å². The molecule has 0 aromatic carbocycles. The highest BCUT2D eigenvalue weighted by molar-refractivity contribution is 8.05.